The number of hydrogen-bond donors (Lipinski definition) is 0. The van der Waals surface area contributed by atoms with Crippen LogP contribution in [0.1, 0.15) is 11.1 Å². The van der Waals surface area contributed by atoms with Crippen molar-refractivity contribution in [3.05, 3.63) is 59.7 Å². The largest absolute Gasteiger partial charge is 0.497 e. The zero-order valence-corrected chi connectivity index (χ0v) is 10.1. The molecule has 2 aromatic rings. The first-order chi connectivity index (χ1) is 8.81. The van der Waals surface area contributed by atoms with Crippen LogP contribution < -0.4 is 9.47 Å². The standard InChI is InChI=1S/C15H13NO2/c1-17-14-5-7-15(8-6-14)18-11-13-4-2-3-12(9-13)10-16/h2-9H,11H2,1H3. The van der Waals surface area contributed by atoms with Gasteiger partial charge in [-0.3, -0.25) is 0 Å². The maximum absolute atomic E-state index is 8.80. The Morgan fingerprint density at radius 3 is 2.44 bits per heavy atom. The van der Waals surface area contributed by atoms with Gasteiger partial charge in [0.1, 0.15) is 18.1 Å². The third kappa shape index (κ3) is 3.02. The van der Waals surface area contributed by atoms with E-state index in [9.17, 15) is 0 Å². The number of nitrogens with zero attached hydrogens (tertiary/aromatic N) is 1. The van der Waals surface area contributed by atoms with Crippen LogP contribution in [-0.2, 0) is 6.61 Å². The van der Waals surface area contributed by atoms with Gasteiger partial charge < -0.3 is 9.47 Å². The predicted octanol–water partition coefficient (Wildman–Crippen LogP) is 3.15. The number of nitriles is 1. The van der Waals surface area contributed by atoms with Gasteiger partial charge in [-0.15, -0.1) is 0 Å². The molecule has 0 aromatic heterocycles. The molecular formula is C15H13NO2. The molecule has 0 heterocycles. The Hall–Kier alpha value is -2.47. The first-order valence-corrected chi connectivity index (χ1v) is 5.58. The third-order valence-electron chi connectivity index (χ3n) is 2.52. The van der Waals surface area contributed by atoms with Gasteiger partial charge in [-0.05, 0) is 42.0 Å². The Bertz CT molecular complexity index is 555. The lowest BCUT2D eigenvalue weighted by Crippen LogP contribution is -1.95. The van der Waals surface area contributed by atoms with Crippen LogP contribution >= 0.6 is 0 Å². The highest BCUT2D eigenvalue weighted by Gasteiger charge is 1.98. The third-order valence-corrected chi connectivity index (χ3v) is 2.52. The number of methoxy groups -OCH3 is 1. The quantitative estimate of drug-likeness (QED) is 0.823. The second-order valence-corrected chi connectivity index (χ2v) is 3.78. The predicted molar refractivity (Wildman–Crippen MR) is 68.5 cm³/mol. The maximum atomic E-state index is 8.80. The zero-order valence-electron chi connectivity index (χ0n) is 10.1. The minimum atomic E-state index is 0.446. The highest BCUT2D eigenvalue weighted by atomic mass is 16.5. The molecule has 3 nitrogen and oxygen atoms in total. The molecule has 0 saturated carbocycles. The van der Waals surface area contributed by atoms with E-state index < -0.39 is 0 Å². The fraction of sp³-hybridized carbons (Fsp3) is 0.133. The lowest BCUT2D eigenvalue weighted by molar-refractivity contribution is 0.305. The topological polar surface area (TPSA) is 42.2 Å². The van der Waals surface area contributed by atoms with Crippen molar-refractivity contribution in [1.82, 2.24) is 0 Å². The van der Waals surface area contributed by atoms with E-state index in [1.165, 1.54) is 0 Å². The lowest BCUT2D eigenvalue weighted by atomic mass is 10.1. The van der Waals surface area contributed by atoms with Crippen LogP contribution in [0.25, 0.3) is 0 Å². The molecule has 0 spiro atoms. The van der Waals surface area contributed by atoms with E-state index in [0.29, 0.717) is 12.2 Å². The molecule has 0 aliphatic carbocycles. The monoisotopic (exact) mass is 239 g/mol. The molecule has 2 aromatic carbocycles. The zero-order chi connectivity index (χ0) is 12.8. The first kappa shape index (κ1) is 12.0. The average Bonchev–Trinajstić information content (AvgIpc) is 2.46. The van der Waals surface area contributed by atoms with Gasteiger partial charge in [0.05, 0.1) is 18.7 Å². The average molecular weight is 239 g/mol. The molecule has 90 valence electrons. The summed E-state index contributed by atoms with van der Waals surface area (Å²) in [6.07, 6.45) is 0. The summed E-state index contributed by atoms with van der Waals surface area (Å²) in [5, 5.41) is 8.80. The molecule has 0 unspecified atom stereocenters. The lowest BCUT2D eigenvalue weighted by Gasteiger charge is -2.07. The molecular weight excluding hydrogens is 226 g/mol. The fourth-order valence-corrected chi connectivity index (χ4v) is 1.57. The molecule has 0 fully saturated rings. The molecule has 0 bridgehead atoms. The number of hydrogen-bond acceptors (Lipinski definition) is 3. The summed E-state index contributed by atoms with van der Waals surface area (Å²) in [4.78, 5) is 0. The van der Waals surface area contributed by atoms with Crippen molar-refractivity contribution in [1.29, 1.82) is 5.26 Å². The van der Waals surface area contributed by atoms with Gasteiger partial charge in [0.15, 0.2) is 0 Å². The second-order valence-electron chi connectivity index (χ2n) is 3.78. The van der Waals surface area contributed by atoms with Crippen molar-refractivity contribution in [2.24, 2.45) is 0 Å². The maximum Gasteiger partial charge on any atom is 0.120 e. The van der Waals surface area contributed by atoms with Crippen molar-refractivity contribution >= 4 is 0 Å². The number of ether oxygens (including phenoxy) is 2. The van der Waals surface area contributed by atoms with Crippen LogP contribution in [0.15, 0.2) is 48.5 Å². The van der Waals surface area contributed by atoms with E-state index in [0.717, 1.165) is 17.1 Å². The van der Waals surface area contributed by atoms with E-state index in [4.69, 9.17) is 14.7 Å². The summed E-state index contributed by atoms with van der Waals surface area (Å²) < 4.78 is 10.7. The van der Waals surface area contributed by atoms with Crippen LogP contribution in [0.4, 0.5) is 0 Å². The van der Waals surface area contributed by atoms with Gasteiger partial charge in [-0.1, -0.05) is 12.1 Å². The van der Waals surface area contributed by atoms with Crippen LogP contribution in [0, 0.1) is 11.3 Å². The van der Waals surface area contributed by atoms with Crippen molar-refractivity contribution in [3.8, 4) is 17.6 Å². The van der Waals surface area contributed by atoms with E-state index in [1.54, 1.807) is 13.2 Å². The molecule has 0 N–H and O–H groups in total. The molecule has 0 amide bonds. The van der Waals surface area contributed by atoms with Crippen molar-refractivity contribution < 1.29 is 9.47 Å². The van der Waals surface area contributed by atoms with E-state index in [1.807, 2.05) is 42.5 Å². The van der Waals surface area contributed by atoms with Gasteiger partial charge in [0.25, 0.3) is 0 Å². The van der Waals surface area contributed by atoms with Gasteiger partial charge in [-0.25, -0.2) is 0 Å². The number of rotatable bonds is 4. The summed E-state index contributed by atoms with van der Waals surface area (Å²) in [7, 11) is 1.63. The van der Waals surface area contributed by atoms with E-state index >= 15 is 0 Å². The summed E-state index contributed by atoms with van der Waals surface area (Å²) in [5.41, 5.74) is 1.62. The molecule has 2 rings (SSSR count). The highest BCUT2D eigenvalue weighted by molar-refractivity contribution is 5.34. The van der Waals surface area contributed by atoms with E-state index in [-0.39, 0.29) is 0 Å². The fourth-order valence-electron chi connectivity index (χ4n) is 1.57. The van der Waals surface area contributed by atoms with Crippen molar-refractivity contribution in [2.45, 2.75) is 6.61 Å². The Morgan fingerprint density at radius 1 is 1.06 bits per heavy atom. The molecule has 0 aliphatic heterocycles. The smallest absolute Gasteiger partial charge is 0.120 e. The highest BCUT2D eigenvalue weighted by Crippen LogP contribution is 2.18. The molecule has 0 atom stereocenters. The minimum absolute atomic E-state index is 0.446. The van der Waals surface area contributed by atoms with Crippen molar-refractivity contribution in [3.63, 3.8) is 0 Å². The summed E-state index contributed by atoms with van der Waals surface area (Å²) in [6, 6.07) is 16.9. The Balaban J connectivity index is 2.00. The minimum Gasteiger partial charge on any atom is -0.497 e. The van der Waals surface area contributed by atoms with Gasteiger partial charge in [-0.2, -0.15) is 5.26 Å². The number of benzene rings is 2. The molecule has 3 heteroatoms. The Morgan fingerprint density at radius 2 is 1.78 bits per heavy atom. The summed E-state index contributed by atoms with van der Waals surface area (Å²) >= 11 is 0. The van der Waals surface area contributed by atoms with Crippen LogP contribution in [0.3, 0.4) is 0 Å². The molecule has 0 aliphatic rings. The Kier molecular flexibility index (Phi) is 3.83. The van der Waals surface area contributed by atoms with Gasteiger partial charge in [0, 0.05) is 0 Å². The Labute approximate surface area is 106 Å². The first-order valence-electron chi connectivity index (χ1n) is 5.58. The molecule has 0 saturated heterocycles. The van der Waals surface area contributed by atoms with E-state index in [2.05, 4.69) is 6.07 Å². The van der Waals surface area contributed by atoms with Crippen molar-refractivity contribution in [2.75, 3.05) is 7.11 Å². The summed E-state index contributed by atoms with van der Waals surface area (Å²) in [5.74, 6) is 1.58. The van der Waals surface area contributed by atoms with Crippen LogP contribution in [-0.4, -0.2) is 7.11 Å². The van der Waals surface area contributed by atoms with Gasteiger partial charge >= 0.3 is 0 Å². The van der Waals surface area contributed by atoms with Crippen LogP contribution in [0.5, 0.6) is 11.5 Å². The second kappa shape index (κ2) is 5.74. The SMILES string of the molecule is COc1ccc(OCc2cccc(C#N)c2)cc1. The molecule has 0 radical (unpaired) electrons. The normalized spacial score (nSPS) is 9.56. The summed E-state index contributed by atoms with van der Waals surface area (Å²) in [6.45, 7) is 0.446. The van der Waals surface area contributed by atoms with Crippen LogP contribution in [0.2, 0.25) is 0 Å². The molecule has 18 heavy (non-hydrogen) atoms. The van der Waals surface area contributed by atoms with Gasteiger partial charge in [0.2, 0.25) is 0 Å².